The molecule has 4 nitrogen and oxygen atoms in total. The summed E-state index contributed by atoms with van der Waals surface area (Å²) in [5, 5.41) is 23.0. The number of aromatic nitrogens is 1. The molecule has 1 fully saturated rings. The molecule has 0 radical (unpaired) electrons. The first-order chi connectivity index (χ1) is 9.56. The lowest BCUT2D eigenvalue weighted by Crippen LogP contribution is -2.39. The van der Waals surface area contributed by atoms with Gasteiger partial charge in [0.05, 0.1) is 5.60 Å². The molecule has 2 rings (SSSR count). The highest BCUT2D eigenvalue weighted by Crippen LogP contribution is 2.26. The smallest absolute Gasteiger partial charge is 0.120 e. The number of nitriles is 1. The van der Waals surface area contributed by atoms with Crippen molar-refractivity contribution in [2.75, 3.05) is 6.54 Å². The van der Waals surface area contributed by atoms with Gasteiger partial charge in [0.25, 0.3) is 0 Å². The Bertz CT molecular complexity index is 491. The molecule has 0 aliphatic heterocycles. The van der Waals surface area contributed by atoms with Crippen LogP contribution < -0.4 is 5.32 Å². The van der Waals surface area contributed by atoms with Gasteiger partial charge in [-0.25, -0.2) is 0 Å². The number of nitrogens with zero attached hydrogens (tertiary/aromatic N) is 2. The first-order valence-corrected chi connectivity index (χ1v) is 7.54. The summed E-state index contributed by atoms with van der Waals surface area (Å²) >= 11 is 0. The predicted molar refractivity (Wildman–Crippen MR) is 79.2 cm³/mol. The van der Waals surface area contributed by atoms with Crippen LogP contribution in [0.4, 0.5) is 0 Å². The Kier molecular flexibility index (Phi) is 4.85. The van der Waals surface area contributed by atoms with Crippen molar-refractivity contribution in [2.24, 2.45) is 7.05 Å². The van der Waals surface area contributed by atoms with Gasteiger partial charge in [0.2, 0.25) is 0 Å². The maximum absolute atomic E-state index is 10.6. The van der Waals surface area contributed by atoms with Crippen LogP contribution in [-0.2, 0) is 13.6 Å². The third-order valence-corrected chi connectivity index (χ3v) is 4.56. The standard InChI is InChI=1S/C16H25N3O/c1-13-14(9-15(10-17)19(13)2)11-18-12-16(20)7-5-3-4-6-8-16/h9,18,20H,3-8,11-12H2,1-2H3. The van der Waals surface area contributed by atoms with Gasteiger partial charge in [-0.15, -0.1) is 0 Å². The summed E-state index contributed by atoms with van der Waals surface area (Å²) in [6, 6.07) is 4.13. The Morgan fingerprint density at radius 3 is 2.55 bits per heavy atom. The molecule has 1 aromatic rings. The van der Waals surface area contributed by atoms with Crippen LogP contribution in [0.15, 0.2) is 6.07 Å². The predicted octanol–water partition coefficient (Wildman–Crippen LogP) is 2.38. The molecular formula is C16H25N3O. The van der Waals surface area contributed by atoms with E-state index in [2.05, 4.69) is 11.4 Å². The zero-order chi connectivity index (χ0) is 14.6. The quantitative estimate of drug-likeness (QED) is 0.829. The number of aliphatic hydroxyl groups is 1. The summed E-state index contributed by atoms with van der Waals surface area (Å²) in [5.74, 6) is 0. The van der Waals surface area contributed by atoms with E-state index in [1.165, 1.54) is 12.8 Å². The fourth-order valence-corrected chi connectivity index (χ4v) is 3.04. The first-order valence-electron chi connectivity index (χ1n) is 7.54. The molecule has 1 saturated carbocycles. The van der Waals surface area contributed by atoms with Crippen molar-refractivity contribution >= 4 is 0 Å². The molecule has 1 aliphatic rings. The summed E-state index contributed by atoms with van der Waals surface area (Å²) in [4.78, 5) is 0. The van der Waals surface area contributed by atoms with Crippen molar-refractivity contribution in [3.05, 3.63) is 23.0 Å². The van der Waals surface area contributed by atoms with Crippen LogP contribution in [0, 0.1) is 18.3 Å². The Labute approximate surface area is 121 Å². The number of hydrogen-bond donors (Lipinski definition) is 2. The van der Waals surface area contributed by atoms with Crippen LogP contribution in [0.3, 0.4) is 0 Å². The maximum Gasteiger partial charge on any atom is 0.120 e. The van der Waals surface area contributed by atoms with Gasteiger partial charge < -0.3 is 15.0 Å². The van der Waals surface area contributed by atoms with E-state index in [1.807, 2.05) is 24.6 Å². The lowest BCUT2D eigenvalue weighted by Gasteiger charge is -2.27. The van der Waals surface area contributed by atoms with Crippen molar-refractivity contribution in [3.8, 4) is 6.07 Å². The molecule has 1 aliphatic carbocycles. The van der Waals surface area contributed by atoms with Crippen molar-refractivity contribution in [1.29, 1.82) is 5.26 Å². The van der Waals surface area contributed by atoms with E-state index in [9.17, 15) is 5.11 Å². The Balaban J connectivity index is 1.91. The molecule has 0 saturated heterocycles. The highest BCUT2D eigenvalue weighted by atomic mass is 16.3. The Hall–Kier alpha value is -1.31. The largest absolute Gasteiger partial charge is 0.389 e. The molecule has 1 aromatic heterocycles. The lowest BCUT2D eigenvalue weighted by molar-refractivity contribution is 0.0250. The first kappa shape index (κ1) is 15.1. The molecule has 110 valence electrons. The topological polar surface area (TPSA) is 61.0 Å². The minimum absolute atomic E-state index is 0.544. The van der Waals surface area contributed by atoms with Crippen molar-refractivity contribution in [3.63, 3.8) is 0 Å². The summed E-state index contributed by atoms with van der Waals surface area (Å²) in [5.41, 5.74) is 2.40. The molecule has 0 unspecified atom stereocenters. The van der Waals surface area contributed by atoms with Crippen molar-refractivity contribution < 1.29 is 5.11 Å². The minimum atomic E-state index is -0.544. The van der Waals surface area contributed by atoms with Crippen LogP contribution in [0.1, 0.15) is 55.5 Å². The van der Waals surface area contributed by atoms with Crippen molar-refractivity contribution in [2.45, 2.75) is 57.6 Å². The lowest BCUT2D eigenvalue weighted by atomic mass is 9.94. The van der Waals surface area contributed by atoms with Gasteiger partial charge in [-0.2, -0.15) is 5.26 Å². The second-order valence-corrected chi connectivity index (χ2v) is 6.05. The van der Waals surface area contributed by atoms with E-state index in [0.717, 1.165) is 36.9 Å². The maximum atomic E-state index is 10.6. The number of rotatable bonds is 4. The Morgan fingerprint density at radius 2 is 2.00 bits per heavy atom. The summed E-state index contributed by atoms with van der Waals surface area (Å²) in [6.45, 7) is 3.38. The van der Waals surface area contributed by atoms with E-state index in [1.54, 1.807) is 0 Å². The van der Waals surface area contributed by atoms with Crippen LogP contribution in [0.5, 0.6) is 0 Å². The zero-order valence-electron chi connectivity index (χ0n) is 12.6. The average molecular weight is 275 g/mol. The summed E-state index contributed by atoms with van der Waals surface area (Å²) < 4.78 is 1.91. The summed E-state index contributed by atoms with van der Waals surface area (Å²) in [6.07, 6.45) is 6.54. The van der Waals surface area contributed by atoms with Gasteiger partial charge in [-0.05, 0) is 31.4 Å². The second-order valence-electron chi connectivity index (χ2n) is 6.05. The molecular weight excluding hydrogens is 250 g/mol. The average Bonchev–Trinajstić information content (AvgIpc) is 2.60. The normalized spacial score (nSPS) is 18.5. The second kappa shape index (κ2) is 6.43. The molecule has 0 bridgehead atoms. The third kappa shape index (κ3) is 3.41. The highest BCUT2D eigenvalue weighted by Gasteiger charge is 2.27. The molecule has 0 atom stereocenters. The molecule has 20 heavy (non-hydrogen) atoms. The van der Waals surface area contributed by atoms with Crippen LogP contribution in [-0.4, -0.2) is 21.8 Å². The van der Waals surface area contributed by atoms with Gasteiger partial charge >= 0.3 is 0 Å². The molecule has 2 N–H and O–H groups in total. The zero-order valence-corrected chi connectivity index (χ0v) is 12.6. The van der Waals surface area contributed by atoms with Gasteiger partial charge in [-0.1, -0.05) is 25.7 Å². The molecule has 0 spiro atoms. The minimum Gasteiger partial charge on any atom is -0.389 e. The van der Waals surface area contributed by atoms with Gasteiger partial charge in [0.15, 0.2) is 0 Å². The van der Waals surface area contributed by atoms with Crippen LogP contribution in [0.2, 0.25) is 0 Å². The van der Waals surface area contributed by atoms with E-state index in [0.29, 0.717) is 18.8 Å². The SMILES string of the molecule is Cc1c(CNCC2(O)CCCCCC2)cc(C#N)n1C. The Morgan fingerprint density at radius 1 is 1.35 bits per heavy atom. The van der Waals surface area contributed by atoms with Crippen LogP contribution in [0.25, 0.3) is 0 Å². The summed E-state index contributed by atoms with van der Waals surface area (Å²) in [7, 11) is 1.91. The van der Waals surface area contributed by atoms with E-state index < -0.39 is 5.60 Å². The van der Waals surface area contributed by atoms with E-state index >= 15 is 0 Å². The van der Waals surface area contributed by atoms with Gasteiger partial charge in [0, 0.05) is 25.8 Å². The fraction of sp³-hybridized carbons (Fsp3) is 0.688. The number of nitrogens with one attached hydrogen (secondary N) is 1. The van der Waals surface area contributed by atoms with Gasteiger partial charge in [0.1, 0.15) is 11.8 Å². The van der Waals surface area contributed by atoms with E-state index in [-0.39, 0.29) is 0 Å². The number of hydrogen-bond acceptors (Lipinski definition) is 3. The van der Waals surface area contributed by atoms with E-state index in [4.69, 9.17) is 5.26 Å². The fourth-order valence-electron chi connectivity index (χ4n) is 3.04. The third-order valence-electron chi connectivity index (χ3n) is 4.56. The highest BCUT2D eigenvalue weighted by molar-refractivity contribution is 5.34. The van der Waals surface area contributed by atoms with Crippen molar-refractivity contribution in [1.82, 2.24) is 9.88 Å². The molecule has 0 aromatic carbocycles. The molecule has 0 amide bonds. The monoisotopic (exact) mass is 275 g/mol. The molecule has 1 heterocycles. The molecule has 4 heteroatoms. The van der Waals surface area contributed by atoms with Crippen LogP contribution >= 0.6 is 0 Å². The van der Waals surface area contributed by atoms with Gasteiger partial charge in [-0.3, -0.25) is 0 Å².